The summed E-state index contributed by atoms with van der Waals surface area (Å²) in [5.41, 5.74) is 6.83. The maximum Gasteiger partial charge on any atom is 0.305 e. The second-order valence-electron chi connectivity index (χ2n) is 7.17. The Labute approximate surface area is 171 Å². The van der Waals surface area contributed by atoms with E-state index in [1.807, 2.05) is 24.3 Å². The zero-order chi connectivity index (χ0) is 20.1. The standard InChI is InChI=1S/C25H24O4/c1-27-25(26)12-9-18-7-11-23-22-10-8-20(13-21(22)17-29-24(23)14-18)16-28-15-19-5-3-2-4-6-19/h2-8,10-11,13-14H,9,12,15-17H2,1H3. The lowest BCUT2D eigenvalue weighted by Gasteiger charge is -2.22. The third-order valence-electron chi connectivity index (χ3n) is 5.11. The normalized spacial score (nSPS) is 11.9. The largest absolute Gasteiger partial charge is 0.488 e. The second kappa shape index (κ2) is 8.93. The molecular weight excluding hydrogens is 364 g/mol. The number of hydrogen-bond acceptors (Lipinski definition) is 4. The lowest BCUT2D eigenvalue weighted by molar-refractivity contribution is -0.140. The predicted octanol–water partition coefficient (Wildman–Crippen LogP) is 5.07. The lowest BCUT2D eigenvalue weighted by atomic mass is 9.94. The van der Waals surface area contributed by atoms with Crippen molar-refractivity contribution in [2.75, 3.05) is 7.11 Å². The van der Waals surface area contributed by atoms with Gasteiger partial charge in [0.15, 0.2) is 0 Å². The third kappa shape index (κ3) is 4.66. The molecule has 0 spiro atoms. The van der Waals surface area contributed by atoms with Gasteiger partial charge in [0, 0.05) is 12.0 Å². The first-order valence-corrected chi connectivity index (χ1v) is 9.79. The Bertz CT molecular complexity index is 995. The molecule has 0 fully saturated rings. The summed E-state index contributed by atoms with van der Waals surface area (Å²) in [6.07, 6.45) is 1.02. The van der Waals surface area contributed by atoms with Gasteiger partial charge in [-0.1, -0.05) is 54.6 Å². The van der Waals surface area contributed by atoms with Crippen LogP contribution in [0.25, 0.3) is 11.1 Å². The molecule has 4 rings (SSSR count). The van der Waals surface area contributed by atoms with Gasteiger partial charge < -0.3 is 14.2 Å². The van der Waals surface area contributed by atoms with Crippen LogP contribution in [0.4, 0.5) is 0 Å². The van der Waals surface area contributed by atoms with Crippen molar-refractivity contribution in [1.29, 1.82) is 0 Å². The van der Waals surface area contributed by atoms with Gasteiger partial charge in [0.25, 0.3) is 0 Å². The van der Waals surface area contributed by atoms with E-state index in [1.54, 1.807) is 0 Å². The Morgan fingerprint density at radius 1 is 0.897 bits per heavy atom. The Hall–Kier alpha value is -3.11. The molecule has 0 bridgehead atoms. The molecule has 0 aromatic heterocycles. The molecule has 148 valence electrons. The highest BCUT2D eigenvalue weighted by atomic mass is 16.5. The van der Waals surface area contributed by atoms with Gasteiger partial charge in [-0.3, -0.25) is 4.79 Å². The summed E-state index contributed by atoms with van der Waals surface area (Å²) < 4.78 is 16.6. The number of hydrogen-bond donors (Lipinski definition) is 0. The van der Waals surface area contributed by atoms with Gasteiger partial charge in [0.1, 0.15) is 12.4 Å². The molecule has 0 atom stereocenters. The van der Waals surface area contributed by atoms with E-state index in [-0.39, 0.29) is 5.97 Å². The van der Waals surface area contributed by atoms with Crippen LogP contribution in [0.3, 0.4) is 0 Å². The van der Waals surface area contributed by atoms with Crippen molar-refractivity contribution in [2.45, 2.75) is 32.7 Å². The summed E-state index contributed by atoms with van der Waals surface area (Å²) in [5.74, 6) is 0.670. The molecular formula is C25H24O4. The average Bonchev–Trinajstić information content (AvgIpc) is 2.77. The summed E-state index contributed by atoms with van der Waals surface area (Å²) in [5, 5.41) is 0. The van der Waals surface area contributed by atoms with Gasteiger partial charge in [0.2, 0.25) is 0 Å². The first-order valence-electron chi connectivity index (χ1n) is 9.79. The maximum atomic E-state index is 11.4. The average molecular weight is 388 g/mol. The van der Waals surface area contributed by atoms with Crippen molar-refractivity contribution in [1.82, 2.24) is 0 Å². The molecule has 1 aliphatic heterocycles. The highest BCUT2D eigenvalue weighted by Crippen LogP contribution is 2.38. The summed E-state index contributed by atoms with van der Waals surface area (Å²) in [4.78, 5) is 11.4. The van der Waals surface area contributed by atoms with Crippen LogP contribution in [-0.2, 0) is 40.5 Å². The number of methoxy groups -OCH3 is 1. The van der Waals surface area contributed by atoms with E-state index >= 15 is 0 Å². The van der Waals surface area contributed by atoms with Crippen molar-refractivity contribution < 1.29 is 19.0 Å². The summed E-state index contributed by atoms with van der Waals surface area (Å²) in [7, 11) is 1.41. The zero-order valence-electron chi connectivity index (χ0n) is 16.5. The van der Waals surface area contributed by atoms with Gasteiger partial charge in [-0.2, -0.15) is 0 Å². The molecule has 0 saturated carbocycles. The zero-order valence-corrected chi connectivity index (χ0v) is 16.5. The molecule has 4 nitrogen and oxygen atoms in total. The van der Waals surface area contributed by atoms with Crippen LogP contribution in [0, 0.1) is 0 Å². The topological polar surface area (TPSA) is 44.8 Å². The van der Waals surface area contributed by atoms with E-state index in [4.69, 9.17) is 14.2 Å². The molecule has 1 heterocycles. The summed E-state index contributed by atoms with van der Waals surface area (Å²) in [6, 6.07) is 22.8. The van der Waals surface area contributed by atoms with Crippen LogP contribution in [0.2, 0.25) is 0 Å². The fourth-order valence-corrected chi connectivity index (χ4v) is 3.55. The monoisotopic (exact) mass is 388 g/mol. The van der Waals surface area contributed by atoms with Crippen molar-refractivity contribution >= 4 is 5.97 Å². The van der Waals surface area contributed by atoms with Crippen LogP contribution in [0.15, 0.2) is 66.7 Å². The Kier molecular flexibility index (Phi) is 5.92. The van der Waals surface area contributed by atoms with Crippen LogP contribution < -0.4 is 4.74 Å². The van der Waals surface area contributed by atoms with Gasteiger partial charge in [-0.25, -0.2) is 0 Å². The van der Waals surface area contributed by atoms with Crippen LogP contribution in [0.5, 0.6) is 5.75 Å². The van der Waals surface area contributed by atoms with Crippen LogP contribution >= 0.6 is 0 Å². The quantitative estimate of drug-likeness (QED) is 0.530. The van der Waals surface area contributed by atoms with Gasteiger partial charge in [0.05, 0.1) is 20.3 Å². The van der Waals surface area contributed by atoms with Crippen LogP contribution in [-0.4, -0.2) is 13.1 Å². The van der Waals surface area contributed by atoms with Crippen molar-refractivity contribution in [2.24, 2.45) is 0 Å². The SMILES string of the molecule is COC(=O)CCc1ccc2c(c1)OCc1cc(COCc3ccccc3)ccc1-2. The maximum absolute atomic E-state index is 11.4. The number of carbonyl (C=O) groups excluding carboxylic acids is 1. The number of fused-ring (bicyclic) bond motifs is 3. The van der Waals surface area contributed by atoms with Gasteiger partial charge >= 0.3 is 5.97 Å². The Morgan fingerprint density at radius 3 is 2.48 bits per heavy atom. The van der Waals surface area contributed by atoms with Crippen molar-refractivity contribution in [3.05, 3.63) is 89.0 Å². The summed E-state index contributed by atoms with van der Waals surface area (Å²) >= 11 is 0. The number of aryl methyl sites for hydroxylation is 1. The lowest BCUT2D eigenvalue weighted by Crippen LogP contribution is -2.07. The molecule has 0 N–H and O–H groups in total. The molecule has 0 aliphatic carbocycles. The number of benzene rings is 3. The number of carbonyl (C=O) groups is 1. The van der Waals surface area contributed by atoms with Gasteiger partial charge in [-0.15, -0.1) is 0 Å². The molecule has 29 heavy (non-hydrogen) atoms. The summed E-state index contributed by atoms with van der Waals surface area (Å²) in [6.45, 7) is 1.71. The Morgan fingerprint density at radius 2 is 1.66 bits per heavy atom. The third-order valence-corrected chi connectivity index (χ3v) is 5.11. The van der Waals surface area contributed by atoms with E-state index in [2.05, 4.69) is 42.5 Å². The second-order valence-corrected chi connectivity index (χ2v) is 7.17. The number of esters is 1. The van der Waals surface area contributed by atoms with Crippen molar-refractivity contribution in [3.8, 4) is 16.9 Å². The smallest absolute Gasteiger partial charge is 0.305 e. The molecule has 4 heteroatoms. The minimum atomic E-state index is -0.198. The van der Waals surface area contributed by atoms with E-state index in [0.29, 0.717) is 32.7 Å². The van der Waals surface area contributed by atoms with E-state index in [1.165, 1.54) is 23.8 Å². The molecule has 0 unspecified atom stereocenters. The van der Waals surface area contributed by atoms with E-state index in [0.717, 1.165) is 22.4 Å². The Balaban J connectivity index is 1.43. The molecule has 3 aromatic rings. The molecule has 1 aliphatic rings. The first-order chi connectivity index (χ1) is 14.2. The highest BCUT2D eigenvalue weighted by Gasteiger charge is 2.18. The number of rotatable bonds is 7. The predicted molar refractivity (Wildman–Crippen MR) is 111 cm³/mol. The van der Waals surface area contributed by atoms with Crippen LogP contribution in [0.1, 0.15) is 28.7 Å². The molecule has 0 radical (unpaired) electrons. The molecule has 3 aromatic carbocycles. The fourth-order valence-electron chi connectivity index (χ4n) is 3.55. The minimum absolute atomic E-state index is 0.198. The van der Waals surface area contributed by atoms with Gasteiger partial charge in [-0.05, 0) is 46.4 Å². The minimum Gasteiger partial charge on any atom is -0.488 e. The first kappa shape index (κ1) is 19.2. The van der Waals surface area contributed by atoms with E-state index < -0.39 is 0 Å². The molecule has 0 saturated heterocycles. The fraction of sp³-hybridized carbons (Fsp3) is 0.240. The number of ether oxygens (including phenoxy) is 3. The van der Waals surface area contributed by atoms with Crippen molar-refractivity contribution in [3.63, 3.8) is 0 Å². The molecule has 0 amide bonds. The highest BCUT2D eigenvalue weighted by molar-refractivity contribution is 5.76. The van der Waals surface area contributed by atoms with E-state index in [9.17, 15) is 4.79 Å².